The van der Waals surface area contributed by atoms with Crippen LogP contribution in [0.2, 0.25) is 5.02 Å². The Bertz CT molecular complexity index is 1000. The van der Waals surface area contributed by atoms with Gasteiger partial charge in [0.05, 0.1) is 25.9 Å². The van der Waals surface area contributed by atoms with Gasteiger partial charge in [-0.2, -0.15) is 0 Å². The van der Waals surface area contributed by atoms with Crippen LogP contribution in [0.15, 0.2) is 30.7 Å². The van der Waals surface area contributed by atoms with Crippen molar-refractivity contribution in [2.24, 2.45) is 7.05 Å². The van der Waals surface area contributed by atoms with Crippen LogP contribution in [0.3, 0.4) is 0 Å². The summed E-state index contributed by atoms with van der Waals surface area (Å²) >= 11 is 6.14. The fourth-order valence-electron chi connectivity index (χ4n) is 4.40. The van der Waals surface area contributed by atoms with Gasteiger partial charge in [-0.15, -0.1) is 0 Å². The standard InChI is InChI=1S/C24H31ClN4O4/c1-18-12-19(6-7-20(18)25)32-16-24(13-22(30)28-8-4-3-5-9-28)15-29(10-11-33-24)23(31)21-14-27(2)17-26-21/h6-7,12,14,17H,3-5,8-11,13,15-16H2,1-2H3/t24-/m0/s1. The van der Waals surface area contributed by atoms with Crippen LogP contribution < -0.4 is 4.74 Å². The molecular formula is C24H31ClN4O4. The van der Waals surface area contributed by atoms with Gasteiger partial charge in [0.25, 0.3) is 5.91 Å². The fourth-order valence-corrected chi connectivity index (χ4v) is 4.52. The summed E-state index contributed by atoms with van der Waals surface area (Å²) in [6.45, 7) is 4.62. The van der Waals surface area contributed by atoms with Gasteiger partial charge in [-0.3, -0.25) is 9.59 Å². The average molecular weight is 475 g/mol. The number of nitrogens with zero attached hydrogens (tertiary/aromatic N) is 4. The predicted molar refractivity (Wildman–Crippen MR) is 125 cm³/mol. The number of aromatic nitrogens is 2. The molecule has 1 aromatic carbocycles. The molecule has 33 heavy (non-hydrogen) atoms. The number of aryl methyl sites for hydroxylation is 2. The van der Waals surface area contributed by atoms with Crippen LogP contribution in [-0.2, 0) is 16.6 Å². The SMILES string of the molecule is Cc1cc(OC[C@]2(CC(=O)N3CCCCC3)CN(C(=O)c3cn(C)cn3)CCO2)ccc1Cl. The molecule has 2 fully saturated rings. The molecule has 3 heterocycles. The van der Waals surface area contributed by atoms with Crippen LogP contribution in [0.1, 0.15) is 41.7 Å². The van der Waals surface area contributed by atoms with Crippen LogP contribution in [0.5, 0.6) is 5.75 Å². The largest absolute Gasteiger partial charge is 0.490 e. The Morgan fingerprint density at radius 1 is 1.18 bits per heavy atom. The second-order valence-corrected chi connectivity index (χ2v) is 9.41. The van der Waals surface area contributed by atoms with Crippen molar-refractivity contribution in [1.82, 2.24) is 19.4 Å². The number of halogens is 1. The average Bonchev–Trinajstić information content (AvgIpc) is 3.26. The Hall–Kier alpha value is -2.58. The lowest BCUT2D eigenvalue weighted by Gasteiger charge is -2.43. The first-order valence-corrected chi connectivity index (χ1v) is 11.8. The predicted octanol–water partition coefficient (Wildman–Crippen LogP) is 3.07. The monoisotopic (exact) mass is 474 g/mol. The highest BCUT2D eigenvalue weighted by Gasteiger charge is 2.42. The van der Waals surface area contributed by atoms with Crippen LogP contribution in [0, 0.1) is 6.92 Å². The van der Waals surface area contributed by atoms with E-state index in [1.807, 2.05) is 24.9 Å². The maximum atomic E-state index is 13.2. The van der Waals surface area contributed by atoms with Crippen molar-refractivity contribution >= 4 is 23.4 Å². The van der Waals surface area contributed by atoms with Crippen molar-refractivity contribution in [2.45, 2.75) is 38.2 Å². The van der Waals surface area contributed by atoms with Crippen molar-refractivity contribution in [1.29, 1.82) is 0 Å². The van der Waals surface area contributed by atoms with E-state index >= 15 is 0 Å². The molecule has 4 rings (SSSR count). The first kappa shape index (κ1) is 23.6. The van der Waals surface area contributed by atoms with E-state index in [-0.39, 0.29) is 31.4 Å². The molecule has 0 unspecified atom stereocenters. The number of likely N-dealkylation sites (tertiary alicyclic amines) is 1. The number of benzene rings is 1. The molecule has 0 bridgehead atoms. The molecule has 0 aliphatic carbocycles. The maximum absolute atomic E-state index is 13.2. The van der Waals surface area contributed by atoms with Crippen LogP contribution in [0.25, 0.3) is 0 Å². The van der Waals surface area contributed by atoms with Crippen LogP contribution in [-0.4, -0.2) is 76.2 Å². The maximum Gasteiger partial charge on any atom is 0.274 e. The van der Waals surface area contributed by atoms with E-state index in [2.05, 4.69) is 4.98 Å². The molecule has 0 saturated carbocycles. The lowest BCUT2D eigenvalue weighted by Crippen LogP contribution is -2.58. The van der Waals surface area contributed by atoms with Gasteiger partial charge in [-0.25, -0.2) is 4.98 Å². The Kier molecular flexibility index (Phi) is 7.24. The topological polar surface area (TPSA) is 76.9 Å². The van der Waals surface area contributed by atoms with Gasteiger partial charge in [0, 0.05) is 37.9 Å². The second-order valence-electron chi connectivity index (χ2n) is 9.00. The normalized spacial score (nSPS) is 21.2. The van der Waals surface area contributed by atoms with Crippen molar-refractivity contribution in [2.75, 3.05) is 39.4 Å². The zero-order chi connectivity index (χ0) is 23.4. The number of amides is 2. The molecule has 1 atom stereocenters. The number of rotatable bonds is 6. The quantitative estimate of drug-likeness (QED) is 0.643. The molecule has 0 radical (unpaired) electrons. The number of imidazole rings is 1. The summed E-state index contributed by atoms with van der Waals surface area (Å²) in [7, 11) is 1.83. The number of ether oxygens (including phenoxy) is 2. The number of carbonyl (C=O) groups excluding carboxylic acids is 2. The molecular weight excluding hydrogens is 444 g/mol. The molecule has 2 saturated heterocycles. The molecule has 2 aromatic rings. The molecule has 2 aliphatic rings. The lowest BCUT2D eigenvalue weighted by molar-refractivity contribution is -0.153. The molecule has 2 aliphatic heterocycles. The number of piperidine rings is 1. The fraction of sp³-hybridized carbons (Fsp3) is 0.542. The Labute approximate surface area is 199 Å². The molecule has 0 spiro atoms. The van der Waals surface area contributed by atoms with Crippen molar-refractivity contribution in [3.63, 3.8) is 0 Å². The minimum Gasteiger partial charge on any atom is -0.490 e. The molecule has 2 amide bonds. The van der Waals surface area contributed by atoms with Gasteiger partial charge in [0.1, 0.15) is 23.7 Å². The Morgan fingerprint density at radius 3 is 2.67 bits per heavy atom. The van der Waals surface area contributed by atoms with E-state index in [0.717, 1.165) is 37.9 Å². The molecule has 178 valence electrons. The molecule has 9 heteroatoms. The number of hydrogen-bond acceptors (Lipinski definition) is 5. The summed E-state index contributed by atoms with van der Waals surface area (Å²) in [5.41, 5.74) is 0.346. The summed E-state index contributed by atoms with van der Waals surface area (Å²) in [5.74, 6) is 0.521. The third-order valence-corrected chi connectivity index (χ3v) is 6.70. The zero-order valence-corrected chi connectivity index (χ0v) is 20.0. The van der Waals surface area contributed by atoms with Gasteiger partial charge < -0.3 is 23.8 Å². The number of carbonyl (C=O) groups is 2. The van der Waals surface area contributed by atoms with E-state index in [0.29, 0.717) is 29.6 Å². The molecule has 8 nitrogen and oxygen atoms in total. The summed E-state index contributed by atoms with van der Waals surface area (Å²) in [5, 5.41) is 0.665. The van der Waals surface area contributed by atoms with Gasteiger partial charge in [-0.1, -0.05) is 11.6 Å². The van der Waals surface area contributed by atoms with E-state index in [9.17, 15) is 9.59 Å². The number of morpholine rings is 1. The second kappa shape index (κ2) is 10.1. The molecule has 0 N–H and O–H groups in total. The highest BCUT2D eigenvalue weighted by atomic mass is 35.5. The van der Waals surface area contributed by atoms with E-state index in [4.69, 9.17) is 21.1 Å². The van der Waals surface area contributed by atoms with Gasteiger partial charge in [0.15, 0.2) is 0 Å². The lowest BCUT2D eigenvalue weighted by atomic mass is 9.96. The highest BCUT2D eigenvalue weighted by Crippen LogP contribution is 2.28. The van der Waals surface area contributed by atoms with Gasteiger partial charge in [-0.05, 0) is 49.9 Å². The zero-order valence-electron chi connectivity index (χ0n) is 19.3. The van der Waals surface area contributed by atoms with E-state index < -0.39 is 5.60 Å². The molecule has 1 aromatic heterocycles. The summed E-state index contributed by atoms with van der Waals surface area (Å²) in [6, 6.07) is 5.45. The van der Waals surface area contributed by atoms with E-state index in [1.165, 1.54) is 0 Å². The van der Waals surface area contributed by atoms with Crippen molar-refractivity contribution in [3.8, 4) is 5.75 Å². The summed E-state index contributed by atoms with van der Waals surface area (Å²) in [4.78, 5) is 34.1. The number of hydrogen-bond donors (Lipinski definition) is 0. The van der Waals surface area contributed by atoms with Gasteiger partial charge >= 0.3 is 0 Å². The minimum absolute atomic E-state index is 0.0396. The van der Waals surface area contributed by atoms with E-state index in [1.54, 1.807) is 34.1 Å². The smallest absolute Gasteiger partial charge is 0.274 e. The third-order valence-electron chi connectivity index (χ3n) is 6.27. The summed E-state index contributed by atoms with van der Waals surface area (Å²) in [6.07, 6.45) is 6.65. The van der Waals surface area contributed by atoms with Gasteiger partial charge in [0.2, 0.25) is 5.91 Å². The van der Waals surface area contributed by atoms with Crippen LogP contribution in [0.4, 0.5) is 0 Å². The Balaban J connectivity index is 1.53. The summed E-state index contributed by atoms with van der Waals surface area (Å²) < 4.78 is 14.0. The van der Waals surface area contributed by atoms with Crippen molar-refractivity contribution < 1.29 is 19.1 Å². The minimum atomic E-state index is -0.940. The van der Waals surface area contributed by atoms with Crippen LogP contribution >= 0.6 is 11.6 Å². The van der Waals surface area contributed by atoms with Crippen molar-refractivity contribution in [3.05, 3.63) is 47.0 Å². The first-order valence-electron chi connectivity index (χ1n) is 11.4. The third kappa shape index (κ3) is 5.68. The highest BCUT2D eigenvalue weighted by molar-refractivity contribution is 6.31. The first-order chi connectivity index (χ1) is 15.8. The Morgan fingerprint density at radius 2 is 1.97 bits per heavy atom.